The predicted octanol–water partition coefficient (Wildman–Crippen LogP) is 2.52. The summed E-state index contributed by atoms with van der Waals surface area (Å²) >= 11 is 0. The first-order valence-electron chi connectivity index (χ1n) is 10.2. The Bertz CT molecular complexity index is 1150. The number of rotatable bonds is 4. The standard InChI is InChI=1S/C21H28N6O2/c1-12-15(4)23-26(16(12)5)10-8-20(28)25-9-6-7-18(25)17-11-19-22-14(3)13(2)21(29)27(19)24-17/h11,18,24H,6-10H2,1-5H3/t18-/m1/s1. The highest BCUT2D eigenvalue weighted by Crippen LogP contribution is 2.32. The lowest BCUT2D eigenvalue weighted by Crippen LogP contribution is -2.31. The van der Waals surface area contributed by atoms with Crippen LogP contribution >= 0.6 is 0 Å². The van der Waals surface area contributed by atoms with Crippen molar-refractivity contribution < 1.29 is 4.79 Å². The molecule has 8 nitrogen and oxygen atoms in total. The molecule has 1 aliphatic rings. The highest BCUT2D eigenvalue weighted by molar-refractivity contribution is 5.77. The van der Waals surface area contributed by atoms with Crippen LogP contribution in [0.1, 0.15) is 59.2 Å². The van der Waals surface area contributed by atoms with E-state index in [1.807, 2.05) is 36.4 Å². The van der Waals surface area contributed by atoms with Gasteiger partial charge in [-0.3, -0.25) is 19.4 Å². The van der Waals surface area contributed by atoms with Crippen LogP contribution in [-0.2, 0) is 11.3 Å². The van der Waals surface area contributed by atoms with Crippen molar-refractivity contribution in [1.82, 2.24) is 29.3 Å². The van der Waals surface area contributed by atoms with Gasteiger partial charge in [-0.25, -0.2) is 9.50 Å². The maximum atomic E-state index is 13.0. The fourth-order valence-electron chi connectivity index (χ4n) is 4.15. The average molecular weight is 396 g/mol. The number of aromatic nitrogens is 5. The lowest BCUT2D eigenvalue weighted by atomic mass is 10.1. The molecular weight excluding hydrogens is 368 g/mol. The first kappa shape index (κ1) is 19.4. The molecule has 29 heavy (non-hydrogen) atoms. The number of H-pyrrole nitrogens is 1. The van der Waals surface area contributed by atoms with Crippen LogP contribution in [0.15, 0.2) is 10.9 Å². The second-order valence-corrected chi connectivity index (χ2v) is 8.05. The van der Waals surface area contributed by atoms with Gasteiger partial charge in [0.25, 0.3) is 5.56 Å². The van der Waals surface area contributed by atoms with Crippen LogP contribution in [0.5, 0.6) is 0 Å². The van der Waals surface area contributed by atoms with Crippen LogP contribution in [0.2, 0.25) is 0 Å². The molecule has 0 aromatic carbocycles. The molecule has 0 radical (unpaired) electrons. The highest BCUT2D eigenvalue weighted by Gasteiger charge is 2.31. The average Bonchev–Trinajstić information content (AvgIpc) is 3.39. The molecule has 0 saturated carbocycles. The third kappa shape index (κ3) is 3.26. The maximum absolute atomic E-state index is 13.0. The molecule has 1 N–H and O–H groups in total. The predicted molar refractivity (Wildman–Crippen MR) is 110 cm³/mol. The first-order valence-corrected chi connectivity index (χ1v) is 10.2. The quantitative estimate of drug-likeness (QED) is 0.734. The van der Waals surface area contributed by atoms with E-state index >= 15 is 0 Å². The van der Waals surface area contributed by atoms with Gasteiger partial charge in [-0.1, -0.05) is 0 Å². The van der Waals surface area contributed by atoms with Crippen molar-refractivity contribution in [3.8, 4) is 0 Å². The molecule has 4 heterocycles. The fourth-order valence-corrected chi connectivity index (χ4v) is 4.15. The monoisotopic (exact) mass is 396 g/mol. The summed E-state index contributed by atoms with van der Waals surface area (Å²) in [6.45, 7) is 11.0. The van der Waals surface area contributed by atoms with E-state index in [9.17, 15) is 9.59 Å². The smallest absolute Gasteiger partial charge is 0.275 e. The van der Waals surface area contributed by atoms with Crippen LogP contribution in [0.25, 0.3) is 5.65 Å². The third-order valence-corrected chi connectivity index (χ3v) is 6.32. The minimum Gasteiger partial charge on any atom is -0.334 e. The van der Waals surface area contributed by atoms with Crippen LogP contribution < -0.4 is 5.56 Å². The molecule has 154 valence electrons. The Hall–Kier alpha value is -2.90. The maximum Gasteiger partial charge on any atom is 0.275 e. The molecule has 1 amide bonds. The van der Waals surface area contributed by atoms with E-state index in [2.05, 4.69) is 22.1 Å². The zero-order valence-electron chi connectivity index (χ0n) is 17.7. The molecule has 8 heteroatoms. The molecule has 1 fully saturated rings. The van der Waals surface area contributed by atoms with Gasteiger partial charge >= 0.3 is 0 Å². The Morgan fingerprint density at radius 3 is 2.62 bits per heavy atom. The van der Waals surface area contributed by atoms with Crippen LogP contribution in [0, 0.1) is 34.6 Å². The van der Waals surface area contributed by atoms with E-state index in [1.165, 1.54) is 10.1 Å². The van der Waals surface area contributed by atoms with Crippen molar-refractivity contribution in [2.75, 3.05) is 6.54 Å². The SMILES string of the molecule is Cc1nn(CCC(=O)N2CCC[C@@H]2c2cc3nc(C)c(C)c(=O)n3[nH]2)c(C)c1C. The van der Waals surface area contributed by atoms with Crippen molar-refractivity contribution in [2.45, 2.75) is 66.5 Å². The molecule has 0 spiro atoms. The molecule has 4 rings (SSSR count). The first-order chi connectivity index (χ1) is 13.8. The van der Waals surface area contributed by atoms with Crippen molar-refractivity contribution in [3.05, 3.63) is 50.3 Å². The molecule has 3 aromatic rings. The van der Waals surface area contributed by atoms with E-state index in [0.29, 0.717) is 24.2 Å². The third-order valence-electron chi connectivity index (χ3n) is 6.32. The summed E-state index contributed by atoms with van der Waals surface area (Å²) in [4.78, 5) is 31.9. The van der Waals surface area contributed by atoms with Crippen molar-refractivity contribution in [2.24, 2.45) is 0 Å². The lowest BCUT2D eigenvalue weighted by Gasteiger charge is -2.24. The summed E-state index contributed by atoms with van der Waals surface area (Å²) in [5, 5.41) is 7.72. The Morgan fingerprint density at radius 2 is 1.93 bits per heavy atom. The molecule has 1 saturated heterocycles. The van der Waals surface area contributed by atoms with Crippen LogP contribution in [0.3, 0.4) is 0 Å². The number of aryl methyl sites for hydroxylation is 3. The number of nitrogens with zero attached hydrogens (tertiary/aromatic N) is 5. The van der Waals surface area contributed by atoms with Gasteiger partial charge < -0.3 is 4.90 Å². The topological polar surface area (TPSA) is 88.3 Å². The second kappa shape index (κ2) is 7.17. The molecule has 0 unspecified atom stereocenters. The summed E-state index contributed by atoms with van der Waals surface area (Å²) in [5.74, 6) is 0.115. The van der Waals surface area contributed by atoms with E-state index in [1.54, 1.807) is 6.92 Å². The number of aromatic amines is 1. The minimum absolute atomic E-state index is 0.0496. The van der Waals surface area contributed by atoms with Gasteiger partial charge in [0.15, 0.2) is 5.65 Å². The summed E-state index contributed by atoms with van der Waals surface area (Å²) in [6, 6.07) is 1.85. The highest BCUT2D eigenvalue weighted by atomic mass is 16.2. The van der Waals surface area contributed by atoms with Crippen LogP contribution in [0.4, 0.5) is 0 Å². The normalized spacial score (nSPS) is 16.9. The molecule has 3 aromatic heterocycles. The van der Waals surface area contributed by atoms with Gasteiger partial charge in [0.1, 0.15) is 0 Å². The molecule has 1 atom stereocenters. The largest absolute Gasteiger partial charge is 0.334 e. The van der Waals surface area contributed by atoms with E-state index in [0.717, 1.165) is 42.2 Å². The van der Waals surface area contributed by atoms with E-state index in [4.69, 9.17) is 0 Å². The summed E-state index contributed by atoms with van der Waals surface area (Å²) < 4.78 is 3.41. The number of carbonyl (C=O) groups is 1. The van der Waals surface area contributed by atoms with E-state index < -0.39 is 0 Å². The Kier molecular flexibility index (Phi) is 4.80. The Morgan fingerprint density at radius 1 is 1.17 bits per heavy atom. The minimum atomic E-state index is -0.0884. The molecule has 1 aliphatic heterocycles. The van der Waals surface area contributed by atoms with Crippen LogP contribution in [-0.4, -0.2) is 41.7 Å². The number of hydrogen-bond donors (Lipinski definition) is 1. The van der Waals surface area contributed by atoms with Gasteiger partial charge in [0, 0.05) is 42.5 Å². The number of likely N-dealkylation sites (tertiary alicyclic amines) is 1. The number of nitrogens with one attached hydrogen (secondary N) is 1. The number of amides is 1. The zero-order chi connectivity index (χ0) is 20.9. The summed E-state index contributed by atoms with van der Waals surface area (Å²) in [6.07, 6.45) is 2.24. The summed E-state index contributed by atoms with van der Waals surface area (Å²) in [7, 11) is 0. The van der Waals surface area contributed by atoms with Gasteiger partial charge in [0.2, 0.25) is 5.91 Å². The summed E-state index contributed by atoms with van der Waals surface area (Å²) in [5.41, 5.74) is 6.05. The van der Waals surface area contributed by atoms with Gasteiger partial charge in [-0.2, -0.15) is 5.10 Å². The van der Waals surface area contributed by atoms with Gasteiger partial charge in [0.05, 0.1) is 17.4 Å². The zero-order valence-corrected chi connectivity index (χ0v) is 17.7. The Labute approximate surface area is 169 Å². The molecular formula is C21H28N6O2. The molecule has 0 aliphatic carbocycles. The van der Waals surface area contributed by atoms with E-state index in [-0.39, 0.29) is 17.5 Å². The molecule has 0 bridgehead atoms. The Balaban J connectivity index is 1.55. The number of fused-ring (bicyclic) bond motifs is 1. The number of carbonyl (C=O) groups excluding carboxylic acids is 1. The van der Waals surface area contributed by atoms with Crippen molar-refractivity contribution >= 4 is 11.6 Å². The lowest BCUT2D eigenvalue weighted by molar-refractivity contribution is -0.132. The van der Waals surface area contributed by atoms with Crippen molar-refractivity contribution in [3.63, 3.8) is 0 Å². The number of hydrogen-bond acceptors (Lipinski definition) is 4. The van der Waals surface area contributed by atoms with Gasteiger partial charge in [-0.15, -0.1) is 0 Å². The fraction of sp³-hybridized carbons (Fsp3) is 0.524. The second-order valence-electron chi connectivity index (χ2n) is 8.05. The van der Waals surface area contributed by atoms with Gasteiger partial charge in [-0.05, 0) is 53.0 Å². The van der Waals surface area contributed by atoms with Crippen molar-refractivity contribution in [1.29, 1.82) is 0 Å².